The Hall–Kier alpha value is 0.360. The van der Waals surface area contributed by atoms with Crippen molar-refractivity contribution in [3.8, 4) is 0 Å². The Kier molecular flexibility index (Phi) is 14.6. The summed E-state index contributed by atoms with van der Waals surface area (Å²) in [5.41, 5.74) is 0. The van der Waals surface area contributed by atoms with Gasteiger partial charge in [-0.1, -0.05) is 84.0 Å². The minimum Gasteiger partial charge on any atom is -1.00 e. The molecule has 0 aromatic heterocycles. The molecule has 0 aromatic rings. The number of morpholine rings is 1. The van der Waals surface area contributed by atoms with Crippen LogP contribution in [0.4, 0.5) is 0 Å². The fourth-order valence-corrected chi connectivity index (χ4v) is 3.85. The van der Waals surface area contributed by atoms with Gasteiger partial charge in [0.25, 0.3) is 0 Å². The monoisotopic (exact) mass is 421 g/mol. The molecule has 0 saturated carbocycles. The van der Waals surface area contributed by atoms with E-state index in [1.54, 1.807) is 0 Å². The SMILES string of the molecule is CCCCCCCCCCCCCCCC1(O)C[N+](C)(C)CCO1.[Br-]. The molecular formula is C21H44BrNO2. The molecule has 1 heterocycles. The van der Waals surface area contributed by atoms with Gasteiger partial charge in [-0.3, -0.25) is 0 Å². The molecule has 25 heavy (non-hydrogen) atoms. The van der Waals surface area contributed by atoms with E-state index < -0.39 is 5.79 Å². The molecular weight excluding hydrogens is 378 g/mol. The first-order valence-corrected chi connectivity index (χ1v) is 10.7. The van der Waals surface area contributed by atoms with Gasteiger partial charge in [0.1, 0.15) is 13.1 Å². The van der Waals surface area contributed by atoms with Crippen molar-refractivity contribution < 1.29 is 31.3 Å². The molecule has 1 rings (SSSR count). The Morgan fingerprint density at radius 3 is 1.68 bits per heavy atom. The van der Waals surface area contributed by atoms with Crippen molar-refractivity contribution in [2.75, 3.05) is 33.8 Å². The highest BCUT2D eigenvalue weighted by atomic mass is 79.9. The summed E-state index contributed by atoms with van der Waals surface area (Å²) in [5.74, 6) is -0.875. The zero-order valence-electron chi connectivity index (χ0n) is 17.2. The Balaban J connectivity index is 0.00000576. The molecule has 1 fully saturated rings. The summed E-state index contributed by atoms with van der Waals surface area (Å²) >= 11 is 0. The smallest absolute Gasteiger partial charge is 0.216 e. The van der Waals surface area contributed by atoms with Gasteiger partial charge in [0.05, 0.1) is 20.7 Å². The van der Waals surface area contributed by atoms with Gasteiger partial charge in [-0.2, -0.15) is 0 Å². The lowest BCUT2D eigenvalue weighted by atomic mass is 10.0. The summed E-state index contributed by atoms with van der Waals surface area (Å²) in [6, 6.07) is 0. The van der Waals surface area contributed by atoms with Crippen LogP contribution in [0, 0.1) is 0 Å². The normalized spacial score (nSPS) is 22.6. The van der Waals surface area contributed by atoms with Crippen LogP contribution in [0.15, 0.2) is 0 Å². The number of rotatable bonds is 14. The van der Waals surface area contributed by atoms with E-state index in [2.05, 4.69) is 21.0 Å². The van der Waals surface area contributed by atoms with Crippen LogP contribution in [0.2, 0.25) is 0 Å². The first kappa shape index (κ1) is 25.4. The lowest BCUT2D eigenvalue weighted by Gasteiger charge is -2.42. The molecule has 1 aliphatic rings. The van der Waals surface area contributed by atoms with E-state index in [0.29, 0.717) is 6.61 Å². The average molecular weight is 422 g/mol. The molecule has 152 valence electrons. The second-order valence-corrected chi connectivity index (χ2v) is 8.60. The van der Waals surface area contributed by atoms with E-state index in [4.69, 9.17) is 4.74 Å². The Labute approximate surface area is 167 Å². The average Bonchev–Trinajstić information content (AvgIpc) is 2.50. The predicted molar refractivity (Wildman–Crippen MR) is 103 cm³/mol. The van der Waals surface area contributed by atoms with Gasteiger partial charge >= 0.3 is 0 Å². The molecule has 0 radical (unpaired) electrons. The predicted octanol–water partition coefficient (Wildman–Crippen LogP) is 2.27. The van der Waals surface area contributed by atoms with Crippen LogP contribution in [0.3, 0.4) is 0 Å². The van der Waals surface area contributed by atoms with Crippen LogP contribution in [0.1, 0.15) is 96.8 Å². The third-order valence-corrected chi connectivity index (χ3v) is 5.41. The van der Waals surface area contributed by atoms with Gasteiger partial charge in [-0.15, -0.1) is 0 Å². The number of nitrogens with zero attached hydrogens (tertiary/aromatic N) is 1. The van der Waals surface area contributed by atoms with Gasteiger partial charge in [-0.25, -0.2) is 0 Å². The lowest BCUT2D eigenvalue weighted by molar-refractivity contribution is -0.911. The van der Waals surface area contributed by atoms with Crippen molar-refractivity contribution in [2.45, 2.75) is 103 Å². The third kappa shape index (κ3) is 13.2. The first-order chi connectivity index (χ1) is 11.5. The van der Waals surface area contributed by atoms with Gasteiger partial charge in [0, 0.05) is 6.42 Å². The summed E-state index contributed by atoms with van der Waals surface area (Å²) in [6.45, 7) is 4.69. The maximum absolute atomic E-state index is 10.5. The molecule has 3 nitrogen and oxygen atoms in total. The highest BCUT2D eigenvalue weighted by Gasteiger charge is 2.39. The Morgan fingerprint density at radius 2 is 1.24 bits per heavy atom. The number of hydrogen-bond acceptors (Lipinski definition) is 2. The van der Waals surface area contributed by atoms with E-state index in [1.165, 1.54) is 77.0 Å². The fraction of sp³-hybridized carbons (Fsp3) is 1.00. The molecule has 4 heteroatoms. The first-order valence-electron chi connectivity index (χ1n) is 10.7. The standard InChI is InChI=1S/C21H44NO2.BrH/c1-4-5-6-7-8-9-10-11-12-13-14-15-16-17-21(23)20-22(2,3)18-19-24-21;/h23H,4-20H2,1-3H3;1H/q+1;/p-1. The van der Waals surface area contributed by atoms with Gasteiger partial charge in [0.15, 0.2) is 0 Å². The number of halogens is 1. The molecule has 1 atom stereocenters. The summed E-state index contributed by atoms with van der Waals surface area (Å²) in [6.07, 6.45) is 18.5. The zero-order valence-corrected chi connectivity index (χ0v) is 18.8. The Bertz CT molecular complexity index is 312. The van der Waals surface area contributed by atoms with Crippen molar-refractivity contribution in [2.24, 2.45) is 0 Å². The third-order valence-electron chi connectivity index (χ3n) is 5.41. The van der Waals surface area contributed by atoms with Crippen LogP contribution in [-0.2, 0) is 4.74 Å². The van der Waals surface area contributed by atoms with Gasteiger partial charge in [-0.05, 0) is 6.42 Å². The maximum atomic E-state index is 10.5. The van der Waals surface area contributed by atoms with Crippen LogP contribution >= 0.6 is 0 Å². The Morgan fingerprint density at radius 1 is 0.800 bits per heavy atom. The zero-order chi connectivity index (χ0) is 17.7. The highest BCUT2D eigenvalue weighted by Crippen LogP contribution is 2.24. The van der Waals surface area contributed by atoms with Crippen LogP contribution in [0.5, 0.6) is 0 Å². The van der Waals surface area contributed by atoms with E-state index >= 15 is 0 Å². The quantitative estimate of drug-likeness (QED) is 0.344. The molecule has 0 aromatic carbocycles. The van der Waals surface area contributed by atoms with Crippen molar-refractivity contribution >= 4 is 0 Å². The molecule has 1 N–H and O–H groups in total. The van der Waals surface area contributed by atoms with Gasteiger partial charge in [0.2, 0.25) is 5.79 Å². The molecule has 0 aliphatic carbocycles. The summed E-state index contributed by atoms with van der Waals surface area (Å²) in [7, 11) is 4.36. The highest BCUT2D eigenvalue weighted by molar-refractivity contribution is 4.70. The topological polar surface area (TPSA) is 29.5 Å². The number of quaternary nitrogens is 1. The van der Waals surface area contributed by atoms with Crippen molar-refractivity contribution in [3.63, 3.8) is 0 Å². The largest absolute Gasteiger partial charge is 1.00 e. The molecule has 0 spiro atoms. The van der Waals surface area contributed by atoms with Crippen molar-refractivity contribution in [3.05, 3.63) is 0 Å². The van der Waals surface area contributed by atoms with E-state index in [0.717, 1.165) is 30.4 Å². The van der Waals surface area contributed by atoms with Crippen molar-refractivity contribution in [1.29, 1.82) is 0 Å². The van der Waals surface area contributed by atoms with E-state index in [-0.39, 0.29) is 17.0 Å². The number of hydrogen-bond donors (Lipinski definition) is 1. The number of unbranched alkanes of at least 4 members (excludes halogenated alkanes) is 12. The summed E-state index contributed by atoms with van der Waals surface area (Å²) < 4.78 is 6.52. The molecule has 1 unspecified atom stereocenters. The van der Waals surface area contributed by atoms with E-state index in [9.17, 15) is 5.11 Å². The molecule has 0 amide bonds. The second kappa shape index (κ2) is 14.4. The maximum Gasteiger partial charge on any atom is 0.216 e. The van der Waals surface area contributed by atoms with Crippen LogP contribution in [0.25, 0.3) is 0 Å². The second-order valence-electron chi connectivity index (χ2n) is 8.60. The molecule has 1 saturated heterocycles. The minimum atomic E-state index is -0.875. The van der Waals surface area contributed by atoms with Gasteiger partial charge < -0.3 is 31.3 Å². The van der Waals surface area contributed by atoms with Crippen LogP contribution in [-0.4, -0.2) is 49.2 Å². The summed E-state index contributed by atoms with van der Waals surface area (Å²) in [4.78, 5) is 0. The number of ether oxygens (including phenoxy) is 1. The van der Waals surface area contributed by atoms with E-state index in [1.807, 2.05) is 0 Å². The number of likely N-dealkylation sites (N-methyl/N-ethyl adjacent to an activating group) is 1. The molecule has 1 aliphatic heterocycles. The fourth-order valence-electron chi connectivity index (χ4n) is 3.85. The number of aliphatic hydroxyl groups is 1. The lowest BCUT2D eigenvalue weighted by Crippen LogP contribution is -3.00. The van der Waals surface area contributed by atoms with Crippen LogP contribution < -0.4 is 17.0 Å². The van der Waals surface area contributed by atoms with Crippen molar-refractivity contribution in [1.82, 2.24) is 0 Å². The minimum absolute atomic E-state index is 0. The summed E-state index contributed by atoms with van der Waals surface area (Å²) in [5, 5.41) is 10.5. The molecule has 0 bridgehead atoms.